The summed E-state index contributed by atoms with van der Waals surface area (Å²) in [4.78, 5) is 9.35. The molecule has 4 heterocycles. The third kappa shape index (κ3) is 3.71. The lowest BCUT2D eigenvalue weighted by molar-refractivity contribution is 1.08. The first-order valence-electron chi connectivity index (χ1n) is 11.5. The zero-order valence-corrected chi connectivity index (χ0v) is 19.4. The van der Waals surface area contributed by atoms with Crippen LogP contribution in [0.5, 0.6) is 0 Å². The van der Waals surface area contributed by atoms with Crippen molar-refractivity contribution in [3.8, 4) is 11.4 Å². The number of aromatic nitrogens is 4. The summed E-state index contributed by atoms with van der Waals surface area (Å²) < 4.78 is 0. The van der Waals surface area contributed by atoms with Crippen molar-refractivity contribution in [2.45, 2.75) is 0 Å². The van der Waals surface area contributed by atoms with Crippen LogP contribution in [0.3, 0.4) is 0 Å². The van der Waals surface area contributed by atoms with E-state index in [2.05, 4.69) is 51.1 Å². The smallest absolute Gasteiger partial charge is 0.132 e. The minimum atomic E-state index is 0.624. The standard InChI is InChI=1S/C30H22N6/c1-3-19-7-5-9-21-11-13-31-24(28(19)21)15-23-17-34-30-26(35-36-27(30)18-33-23)16-25-29-20(4-2)8-6-10-22(29)12-14-32-25/h3-18,31-32H,1-2H2/b24-15+,25-16+. The number of nitrogens with one attached hydrogen (secondary N) is 2. The van der Waals surface area contributed by atoms with Gasteiger partial charge in [-0.3, -0.25) is 4.98 Å². The Balaban J connectivity index is 1.41. The van der Waals surface area contributed by atoms with Crippen molar-refractivity contribution in [1.29, 1.82) is 0 Å². The summed E-state index contributed by atoms with van der Waals surface area (Å²) in [6.07, 6.45) is 19.0. The first-order chi connectivity index (χ1) is 17.7. The Kier molecular flexibility index (Phi) is 5.31. The molecule has 6 rings (SSSR count). The third-order valence-electron chi connectivity index (χ3n) is 6.23. The van der Waals surface area contributed by atoms with Gasteiger partial charge in [-0.25, -0.2) is 4.98 Å². The van der Waals surface area contributed by atoms with Gasteiger partial charge in [0.25, 0.3) is 0 Å². The highest BCUT2D eigenvalue weighted by Gasteiger charge is 2.18. The molecule has 0 saturated heterocycles. The van der Waals surface area contributed by atoms with Gasteiger partial charge < -0.3 is 10.6 Å². The van der Waals surface area contributed by atoms with Crippen molar-refractivity contribution >= 4 is 47.9 Å². The third-order valence-corrected chi connectivity index (χ3v) is 6.23. The van der Waals surface area contributed by atoms with Crippen LogP contribution < -0.4 is 10.6 Å². The number of fused-ring (bicyclic) bond motifs is 3. The van der Waals surface area contributed by atoms with Crippen LogP contribution in [0, 0.1) is 0 Å². The van der Waals surface area contributed by atoms with Gasteiger partial charge in [-0.05, 0) is 46.6 Å². The predicted molar refractivity (Wildman–Crippen MR) is 147 cm³/mol. The molecule has 0 radical (unpaired) electrons. The van der Waals surface area contributed by atoms with Gasteiger partial charge in [-0.2, -0.15) is 0 Å². The van der Waals surface area contributed by atoms with E-state index in [1.807, 2.05) is 73.1 Å². The molecule has 6 heteroatoms. The molecule has 0 spiro atoms. The van der Waals surface area contributed by atoms with Gasteiger partial charge in [0.05, 0.1) is 18.1 Å². The molecule has 2 aromatic rings. The monoisotopic (exact) mass is 466 g/mol. The highest BCUT2D eigenvalue weighted by molar-refractivity contribution is 5.92. The van der Waals surface area contributed by atoms with Crippen LogP contribution >= 0.6 is 0 Å². The predicted octanol–water partition coefficient (Wildman–Crippen LogP) is 5.80. The van der Waals surface area contributed by atoms with Crippen molar-refractivity contribution in [3.63, 3.8) is 0 Å². The average Bonchev–Trinajstić information content (AvgIpc) is 3.18. The molecule has 0 atom stereocenters. The first-order valence-corrected chi connectivity index (χ1v) is 11.5. The van der Waals surface area contributed by atoms with Crippen LogP contribution in [-0.2, 0) is 0 Å². The number of rotatable bonds is 4. The van der Waals surface area contributed by atoms with Gasteiger partial charge in [-0.15, -0.1) is 10.2 Å². The molecule has 0 aliphatic carbocycles. The zero-order chi connectivity index (χ0) is 24.5. The van der Waals surface area contributed by atoms with Crippen molar-refractivity contribution in [2.75, 3.05) is 0 Å². The summed E-state index contributed by atoms with van der Waals surface area (Å²) in [5.74, 6) is 0. The van der Waals surface area contributed by atoms with Gasteiger partial charge in [0, 0.05) is 34.9 Å². The quantitative estimate of drug-likeness (QED) is 0.396. The van der Waals surface area contributed by atoms with Crippen molar-refractivity contribution in [1.82, 2.24) is 30.8 Å². The Morgan fingerprint density at radius 1 is 0.694 bits per heavy atom. The van der Waals surface area contributed by atoms with E-state index in [4.69, 9.17) is 4.98 Å². The maximum atomic E-state index is 4.72. The molecule has 2 aromatic carbocycles. The largest absolute Gasteiger partial charge is 0.361 e. The average molecular weight is 467 g/mol. The molecule has 4 aliphatic heterocycles. The fourth-order valence-electron chi connectivity index (χ4n) is 4.54. The molecule has 0 aromatic heterocycles. The molecule has 2 N–H and O–H groups in total. The van der Waals surface area contributed by atoms with E-state index in [0.717, 1.165) is 44.8 Å². The second kappa shape index (κ2) is 8.92. The van der Waals surface area contributed by atoms with Crippen molar-refractivity contribution in [3.05, 3.63) is 119 Å². The molecule has 6 nitrogen and oxygen atoms in total. The van der Waals surface area contributed by atoms with Crippen LogP contribution in [0.2, 0.25) is 0 Å². The summed E-state index contributed by atoms with van der Waals surface area (Å²) in [6, 6.07) is 12.3. The van der Waals surface area contributed by atoms with Gasteiger partial charge in [0.2, 0.25) is 0 Å². The van der Waals surface area contributed by atoms with Crippen LogP contribution in [-0.4, -0.2) is 20.2 Å². The van der Waals surface area contributed by atoms with Gasteiger partial charge >= 0.3 is 0 Å². The second-order valence-electron chi connectivity index (χ2n) is 8.36. The van der Waals surface area contributed by atoms with Crippen LogP contribution in [0.1, 0.15) is 44.8 Å². The summed E-state index contributed by atoms with van der Waals surface area (Å²) in [5, 5.41) is 15.4. The molecular weight excluding hydrogens is 444 g/mol. The summed E-state index contributed by atoms with van der Waals surface area (Å²) in [7, 11) is 0. The SMILES string of the molecule is C=Cc1cccc2c1/C(=C\c1cnc3c(/C=C4/NC=Cc5cccc(C=C)c54)nnc-3cn1)NC=C2. The van der Waals surface area contributed by atoms with Crippen molar-refractivity contribution in [2.24, 2.45) is 0 Å². The number of benzene rings is 2. The molecular formula is C30H22N6. The summed E-state index contributed by atoms with van der Waals surface area (Å²) in [6.45, 7) is 7.92. The number of hydrogen-bond acceptors (Lipinski definition) is 6. The van der Waals surface area contributed by atoms with Gasteiger partial charge in [0.15, 0.2) is 0 Å². The van der Waals surface area contributed by atoms with E-state index in [1.54, 1.807) is 12.4 Å². The van der Waals surface area contributed by atoms with E-state index in [0.29, 0.717) is 22.8 Å². The van der Waals surface area contributed by atoms with E-state index in [9.17, 15) is 0 Å². The Morgan fingerprint density at radius 2 is 1.33 bits per heavy atom. The van der Waals surface area contributed by atoms with Crippen molar-refractivity contribution < 1.29 is 0 Å². The number of nitrogens with zero attached hydrogens (tertiary/aromatic N) is 4. The van der Waals surface area contributed by atoms with Crippen LogP contribution in [0.4, 0.5) is 0 Å². The second-order valence-corrected chi connectivity index (χ2v) is 8.36. The van der Waals surface area contributed by atoms with E-state index < -0.39 is 0 Å². The van der Waals surface area contributed by atoms with E-state index in [-0.39, 0.29) is 0 Å². The minimum Gasteiger partial charge on any atom is -0.361 e. The lowest BCUT2D eigenvalue weighted by Crippen LogP contribution is -2.11. The Morgan fingerprint density at radius 3 is 1.97 bits per heavy atom. The number of hydrogen-bond donors (Lipinski definition) is 2. The topological polar surface area (TPSA) is 75.6 Å². The molecule has 0 amide bonds. The molecule has 4 aliphatic rings. The molecule has 0 unspecified atom stereocenters. The van der Waals surface area contributed by atoms with Crippen LogP contribution in [0.15, 0.2) is 74.3 Å². The highest BCUT2D eigenvalue weighted by Crippen LogP contribution is 2.31. The highest BCUT2D eigenvalue weighted by atomic mass is 15.1. The molecule has 0 fully saturated rings. The first kappa shape index (κ1) is 21.4. The zero-order valence-electron chi connectivity index (χ0n) is 19.4. The minimum absolute atomic E-state index is 0.624. The van der Waals surface area contributed by atoms with E-state index in [1.165, 1.54) is 0 Å². The van der Waals surface area contributed by atoms with Gasteiger partial charge in [0.1, 0.15) is 17.1 Å². The molecule has 0 saturated carbocycles. The molecule has 36 heavy (non-hydrogen) atoms. The normalized spacial score (nSPS) is 15.8. The van der Waals surface area contributed by atoms with Crippen LogP contribution in [0.25, 0.3) is 59.2 Å². The summed E-state index contributed by atoms with van der Waals surface area (Å²) >= 11 is 0. The molecule has 0 bridgehead atoms. The Labute approximate surface area is 209 Å². The Bertz CT molecular complexity index is 1620. The maximum Gasteiger partial charge on any atom is 0.132 e. The fourth-order valence-corrected chi connectivity index (χ4v) is 4.54. The lowest BCUT2D eigenvalue weighted by atomic mass is 9.95. The van der Waals surface area contributed by atoms with Gasteiger partial charge in [-0.1, -0.05) is 61.7 Å². The maximum absolute atomic E-state index is 4.72. The summed E-state index contributed by atoms with van der Waals surface area (Å²) in [5.41, 5.74) is 11.0. The molecule has 172 valence electrons. The Hall–Kier alpha value is -5.10. The fraction of sp³-hybridized carbons (Fsp3) is 0. The van der Waals surface area contributed by atoms with E-state index >= 15 is 0 Å². The lowest BCUT2D eigenvalue weighted by Gasteiger charge is -2.18.